The van der Waals surface area contributed by atoms with Crippen molar-refractivity contribution < 1.29 is 19.5 Å². The van der Waals surface area contributed by atoms with Gasteiger partial charge in [-0.05, 0) is 39.0 Å². The molecule has 3 saturated heterocycles. The maximum absolute atomic E-state index is 13.8. The van der Waals surface area contributed by atoms with Gasteiger partial charge in [-0.15, -0.1) is 11.8 Å². The molecule has 31 heavy (non-hydrogen) atoms. The Bertz CT molecular complexity index is 770. The van der Waals surface area contributed by atoms with Crippen molar-refractivity contribution in [3.05, 3.63) is 0 Å². The molecule has 3 unspecified atom stereocenters. The number of nitrogens with zero attached hydrogens (tertiary/aromatic N) is 1. The SMILES string of the molecule is CNC(=O)[C@H]1[C@@H]2SC3(CC2Br)C(C(=O)NC(C)(C)CC(C)(C)C)N([C@H](C)CO)C(=O)[C@H]13. The number of aliphatic hydroxyl groups excluding tert-OH is 1. The first-order valence-corrected chi connectivity index (χ1v) is 12.8. The standard InChI is InChI=1S/C22H36BrN3O4S/c1-11(9-27)26-16(18(29)25-21(5,6)10-20(2,3)4)22-8-12(23)15(31-22)13(17(28)24-7)14(22)19(26)30/h11-16,27H,8-10H2,1-7H3,(H,24,28)(H,25,29)/t11-,12?,13-,14+,15-,16?,22?/m1/s1. The zero-order chi connectivity index (χ0) is 23.5. The van der Waals surface area contributed by atoms with E-state index in [-0.39, 0.29) is 39.8 Å². The molecule has 0 aromatic rings. The van der Waals surface area contributed by atoms with Crippen LogP contribution in [-0.2, 0) is 14.4 Å². The Morgan fingerprint density at radius 1 is 1.29 bits per heavy atom. The van der Waals surface area contributed by atoms with Crippen LogP contribution in [0, 0.1) is 17.3 Å². The van der Waals surface area contributed by atoms with Crippen LogP contribution in [0.25, 0.3) is 0 Å². The van der Waals surface area contributed by atoms with E-state index >= 15 is 0 Å². The molecule has 3 aliphatic rings. The van der Waals surface area contributed by atoms with Crippen LogP contribution in [0.1, 0.15) is 54.4 Å². The molecule has 3 rings (SSSR count). The molecule has 3 heterocycles. The van der Waals surface area contributed by atoms with Crippen LogP contribution in [0.3, 0.4) is 0 Å². The molecule has 0 aromatic carbocycles. The molecule has 3 fully saturated rings. The Morgan fingerprint density at radius 3 is 2.42 bits per heavy atom. The Balaban J connectivity index is 2.02. The van der Waals surface area contributed by atoms with Gasteiger partial charge in [0.1, 0.15) is 6.04 Å². The van der Waals surface area contributed by atoms with Crippen molar-refractivity contribution in [2.75, 3.05) is 13.7 Å². The number of carbonyl (C=O) groups excluding carboxylic acids is 3. The second-order valence-electron chi connectivity index (χ2n) is 11.2. The van der Waals surface area contributed by atoms with Crippen molar-refractivity contribution in [2.45, 2.75) is 86.8 Å². The lowest BCUT2D eigenvalue weighted by Crippen LogP contribution is -2.60. The number of alkyl halides is 1. The summed E-state index contributed by atoms with van der Waals surface area (Å²) >= 11 is 5.33. The highest BCUT2D eigenvalue weighted by atomic mass is 79.9. The molecular formula is C22H36BrN3O4S. The van der Waals surface area contributed by atoms with Gasteiger partial charge in [-0.3, -0.25) is 14.4 Å². The van der Waals surface area contributed by atoms with Gasteiger partial charge in [0.05, 0.1) is 29.2 Å². The summed E-state index contributed by atoms with van der Waals surface area (Å²) in [6.45, 7) is 11.9. The van der Waals surface area contributed by atoms with Crippen LogP contribution in [0.15, 0.2) is 0 Å². The first-order valence-electron chi connectivity index (χ1n) is 11.0. The molecule has 0 radical (unpaired) electrons. The number of aliphatic hydroxyl groups is 1. The highest BCUT2D eigenvalue weighted by molar-refractivity contribution is 9.09. The highest BCUT2D eigenvalue weighted by Gasteiger charge is 2.76. The minimum absolute atomic E-state index is 0.0208. The second kappa shape index (κ2) is 8.20. The minimum atomic E-state index is -0.726. The van der Waals surface area contributed by atoms with E-state index in [1.54, 1.807) is 30.6 Å². The Hall–Kier alpha value is -0.800. The summed E-state index contributed by atoms with van der Waals surface area (Å²) < 4.78 is -0.682. The number of hydrogen-bond donors (Lipinski definition) is 3. The molecule has 0 saturated carbocycles. The number of fused-ring (bicyclic) bond motifs is 1. The Labute approximate surface area is 198 Å². The summed E-state index contributed by atoms with van der Waals surface area (Å²) in [6, 6.07) is -1.23. The van der Waals surface area contributed by atoms with Gasteiger partial charge >= 0.3 is 0 Å². The fourth-order valence-electron chi connectivity index (χ4n) is 6.17. The lowest BCUT2D eigenvalue weighted by atomic mass is 9.70. The summed E-state index contributed by atoms with van der Waals surface area (Å²) in [5, 5.41) is 15.7. The molecule has 3 aliphatic heterocycles. The lowest BCUT2D eigenvalue weighted by molar-refractivity contribution is -0.142. The van der Waals surface area contributed by atoms with Crippen LogP contribution in [0.5, 0.6) is 0 Å². The lowest BCUT2D eigenvalue weighted by Gasteiger charge is -2.40. The number of rotatable bonds is 6. The zero-order valence-corrected chi connectivity index (χ0v) is 21.9. The fraction of sp³-hybridized carbons (Fsp3) is 0.864. The predicted octanol–water partition coefficient (Wildman–Crippen LogP) is 1.91. The van der Waals surface area contributed by atoms with Gasteiger partial charge in [0.25, 0.3) is 0 Å². The molecule has 3 amide bonds. The van der Waals surface area contributed by atoms with E-state index in [9.17, 15) is 19.5 Å². The number of hydrogen-bond acceptors (Lipinski definition) is 5. The average molecular weight is 519 g/mol. The topological polar surface area (TPSA) is 98.7 Å². The zero-order valence-electron chi connectivity index (χ0n) is 19.5. The van der Waals surface area contributed by atoms with Gasteiger partial charge in [0.2, 0.25) is 17.7 Å². The number of likely N-dealkylation sites (tertiary alicyclic amines) is 1. The van der Waals surface area contributed by atoms with E-state index in [2.05, 4.69) is 47.3 Å². The Kier molecular flexibility index (Phi) is 6.57. The highest BCUT2D eigenvalue weighted by Crippen LogP contribution is 2.67. The Morgan fingerprint density at radius 2 is 1.90 bits per heavy atom. The molecule has 0 aliphatic carbocycles. The quantitative estimate of drug-likeness (QED) is 0.467. The first-order chi connectivity index (χ1) is 14.2. The summed E-state index contributed by atoms with van der Waals surface area (Å²) in [6.07, 6.45) is 1.41. The van der Waals surface area contributed by atoms with Gasteiger partial charge in [-0.1, -0.05) is 36.7 Å². The smallest absolute Gasteiger partial charge is 0.244 e. The maximum Gasteiger partial charge on any atom is 0.244 e. The van der Waals surface area contributed by atoms with Crippen LogP contribution >= 0.6 is 27.7 Å². The fourth-order valence-corrected chi connectivity index (χ4v) is 9.77. The third-order valence-electron chi connectivity index (χ3n) is 6.70. The molecule has 1 spiro atoms. The van der Waals surface area contributed by atoms with Crippen LogP contribution in [0.2, 0.25) is 0 Å². The normalized spacial score (nSPS) is 35.8. The van der Waals surface area contributed by atoms with Gasteiger partial charge < -0.3 is 20.6 Å². The molecule has 3 N–H and O–H groups in total. The van der Waals surface area contributed by atoms with Crippen molar-refractivity contribution in [1.82, 2.24) is 15.5 Å². The predicted molar refractivity (Wildman–Crippen MR) is 126 cm³/mol. The summed E-state index contributed by atoms with van der Waals surface area (Å²) in [4.78, 5) is 41.8. The average Bonchev–Trinajstić information content (AvgIpc) is 3.21. The van der Waals surface area contributed by atoms with Crippen molar-refractivity contribution in [1.29, 1.82) is 0 Å². The summed E-state index contributed by atoms with van der Waals surface area (Å²) in [5.41, 5.74) is -0.441. The molecule has 7 nitrogen and oxygen atoms in total. The number of amides is 3. The summed E-state index contributed by atoms with van der Waals surface area (Å²) in [7, 11) is 1.58. The molecule has 176 valence electrons. The minimum Gasteiger partial charge on any atom is -0.394 e. The van der Waals surface area contributed by atoms with Crippen molar-refractivity contribution in [3.63, 3.8) is 0 Å². The van der Waals surface area contributed by atoms with Crippen LogP contribution < -0.4 is 10.6 Å². The molecule has 2 bridgehead atoms. The number of nitrogens with one attached hydrogen (secondary N) is 2. The monoisotopic (exact) mass is 517 g/mol. The third kappa shape index (κ3) is 4.14. The molecule has 9 heteroatoms. The molecular weight excluding hydrogens is 482 g/mol. The van der Waals surface area contributed by atoms with E-state index in [0.717, 1.165) is 6.42 Å². The van der Waals surface area contributed by atoms with Crippen molar-refractivity contribution in [2.24, 2.45) is 17.3 Å². The number of halogens is 1. The number of carbonyl (C=O) groups is 3. The summed E-state index contributed by atoms with van der Waals surface area (Å²) in [5.74, 6) is -1.61. The van der Waals surface area contributed by atoms with Crippen LogP contribution in [0.4, 0.5) is 0 Å². The largest absolute Gasteiger partial charge is 0.394 e. The van der Waals surface area contributed by atoms with Gasteiger partial charge in [-0.25, -0.2) is 0 Å². The van der Waals surface area contributed by atoms with Crippen molar-refractivity contribution in [3.8, 4) is 0 Å². The second-order valence-corrected chi connectivity index (χ2v) is 13.9. The maximum atomic E-state index is 13.8. The van der Waals surface area contributed by atoms with E-state index in [1.807, 2.05) is 13.8 Å². The van der Waals surface area contributed by atoms with E-state index in [1.165, 1.54) is 0 Å². The van der Waals surface area contributed by atoms with E-state index in [0.29, 0.717) is 6.42 Å². The third-order valence-corrected chi connectivity index (χ3v) is 9.92. The van der Waals surface area contributed by atoms with Crippen molar-refractivity contribution >= 4 is 45.4 Å². The van der Waals surface area contributed by atoms with E-state index in [4.69, 9.17) is 0 Å². The van der Waals surface area contributed by atoms with Gasteiger partial charge in [-0.2, -0.15) is 0 Å². The van der Waals surface area contributed by atoms with Gasteiger partial charge in [0.15, 0.2) is 0 Å². The van der Waals surface area contributed by atoms with E-state index < -0.39 is 34.2 Å². The molecule has 7 atom stereocenters. The number of thioether (sulfide) groups is 1. The van der Waals surface area contributed by atoms with Crippen LogP contribution in [-0.4, -0.2) is 73.8 Å². The first kappa shape index (κ1) is 24.8. The molecule has 0 aromatic heterocycles. The van der Waals surface area contributed by atoms with Gasteiger partial charge in [0, 0.05) is 22.7 Å².